The number of allylic oxidation sites excluding steroid dienone is 4. The fraction of sp³-hybridized carbons (Fsp3) is 0.286. The van der Waals surface area contributed by atoms with Gasteiger partial charge in [0.1, 0.15) is 0 Å². The fourth-order valence-corrected chi connectivity index (χ4v) is 0.542. The zero-order valence-electron chi connectivity index (χ0n) is 4.22. The monoisotopic (exact) mass is 92.1 g/mol. The Morgan fingerprint density at radius 1 is 0.857 bits per heavy atom. The SMILES string of the molecule is C1=CCCC=C1.[C]. The second kappa shape index (κ2) is 3.66. The molecule has 1 aliphatic carbocycles. The van der Waals surface area contributed by atoms with Crippen LogP contribution in [0.15, 0.2) is 24.3 Å². The third-order valence-electron chi connectivity index (χ3n) is 0.883. The number of rotatable bonds is 0. The molecule has 0 aromatic rings. The molecule has 1 aliphatic rings. The van der Waals surface area contributed by atoms with Crippen LogP contribution in [0, 0.1) is 7.43 Å². The van der Waals surface area contributed by atoms with Gasteiger partial charge in [-0.2, -0.15) is 0 Å². The second-order valence-electron chi connectivity index (χ2n) is 1.43. The van der Waals surface area contributed by atoms with E-state index < -0.39 is 0 Å². The van der Waals surface area contributed by atoms with E-state index in [0.717, 1.165) is 0 Å². The van der Waals surface area contributed by atoms with Crippen molar-refractivity contribution in [1.82, 2.24) is 0 Å². The quantitative estimate of drug-likeness (QED) is 0.428. The van der Waals surface area contributed by atoms with Gasteiger partial charge in [-0.05, 0) is 12.8 Å². The van der Waals surface area contributed by atoms with Gasteiger partial charge in [0, 0.05) is 7.43 Å². The Morgan fingerprint density at radius 2 is 1.29 bits per heavy atom. The molecule has 1 rings (SSSR count). The lowest BCUT2D eigenvalue weighted by Gasteiger charge is -1.88. The number of hydrogen-bond acceptors (Lipinski definition) is 0. The summed E-state index contributed by atoms with van der Waals surface area (Å²) in [6, 6.07) is 0. The van der Waals surface area contributed by atoms with Crippen LogP contribution in [0.1, 0.15) is 12.8 Å². The van der Waals surface area contributed by atoms with Crippen molar-refractivity contribution in [2.24, 2.45) is 0 Å². The van der Waals surface area contributed by atoms with Gasteiger partial charge in [-0.25, -0.2) is 0 Å². The molecule has 0 aliphatic heterocycles. The third-order valence-corrected chi connectivity index (χ3v) is 0.883. The normalized spacial score (nSPS) is 16.0. The highest BCUT2D eigenvalue weighted by Crippen LogP contribution is 1.98. The summed E-state index contributed by atoms with van der Waals surface area (Å²) in [4.78, 5) is 0. The molecule has 0 saturated carbocycles. The van der Waals surface area contributed by atoms with Crippen molar-refractivity contribution in [3.63, 3.8) is 0 Å². The Kier molecular flexibility index (Phi) is 3.39. The summed E-state index contributed by atoms with van der Waals surface area (Å²) in [7, 11) is 0. The van der Waals surface area contributed by atoms with E-state index >= 15 is 0 Å². The zero-order valence-corrected chi connectivity index (χ0v) is 4.22. The smallest absolute Gasteiger partial charge is 0 e. The fourth-order valence-electron chi connectivity index (χ4n) is 0.542. The van der Waals surface area contributed by atoms with Crippen LogP contribution >= 0.6 is 0 Å². The van der Waals surface area contributed by atoms with Crippen molar-refractivity contribution in [3.05, 3.63) is 31.7 Å². The molecule has 0 spiro atoms. The molecule has 4 radical (unpaired) electrons. The molecule has 36 valence electrons. The maximum absolute atomic E-state index is 2.18. The van der Waals surface area contributed by atoms with Crippen molar-refractivity contribution < 1.29 is 0 Å². The molecular weight excluding hydrogens is 84.1 g/mol. The van der Waals surface area contributed by atoms with Crippen molar-refractivity contribution in [1.29, 1.82) is 0 Å². The highest BCUT2D eigenvalue weighted by atomic mass is 13.8. The molecule has 0 atom stereocenters. The molecule has 0 nitrogen and oxygen atoms in total. The summed E-state index contributed by atoms with van der Waals surface area (Å²) >= 11 is 0. The average Bonchev–Trinajstić information content (AvgIpc) is 1.72. The minimum Gasteiger partial charge on any atom is -0.0842 e. The molecule has 0 heteroatoms. The van der Waals surface area contributed by atoms with E-state index in [1.807, 2.05) is 0 Å². The van der Waals surface area contributed by atoms with Crippen LogP contribution < -0.4 is 0 Å². The van der Waals surface area contributed by atoms with Gasteiger partial charge >= 0.3 is 0 Å². The van der Waals surface area contributed by atoms with Gasteiger partial charge < -0.3 is 0 Å². The topological polar surface area (TPSA) is 0 Å². The molecular formula is C7H8. The van der Waals surface area contributed by atoms with Crippen LogP contribution in [-0.2, 0) is 0 Å². The predicted molar refractivity (Wildman–Crippen MR) is 30.8 cm³/mol. The van der Waals surface area contributed by atoms with Crippen LogP contribution in [0.25, 0.3) is 0 Å². The molecule has 0 N–H and O–H groups in total. The first-order chi connectivity index (χ1) is 3.00. The lowest BCUT2D eigenvalue weighted by Crippen LogP contribution is -1.67. The standard InChI is InChI=1S/C6H8.C/c1-2-4-6-5-3-1;/h1-4H,5-6H2;. The van der Waals surface area contributed by atoms with Crippen LogP contribution in [-0.4, -0.2) is 0 Å². The van der Waals surface area contributed by atoms with Crippen molar-refractivity contribution in [2.75, 3.05) is 0 Å². The minimum atomic E-state index is 0. The molecule has 0 saturated heterocycles. The predicted octanol–water partition coefficient (Wildman–Crippen LogP) is 1.97. The first-order valence-electron chi connectivity index (χ1n) is 2.32. The van der Waals surface area contributed by atoms with Crippen LogP contribution in [0.2, 0.25) is 0 Å². The highest BCUT2D eigenvalue weighted by molar-refractivity contribution is 5.07. The van der Waals surface area contributed by atoms with Gasteiger partial charge in [-0.15, -0.1) is 0 Å². The summed E-state index contributed by atoms with van der Waals surface area (Å²) in [6.07, 6.45) is 11.0. The van der Waals surface area contributed by atoms with Crippen LogP contribution in [0.5, 0.6) is 0 Å². The van der Waals surface area contributed by atoms with E-state index in [1.54, 1.807) is 0 Å². The lowest BCUT2D eigenvalue weighted by molar-refractivity contribution is 1.04. The van der Waals surface area contributed by atoms with E-state index in [9.17, 15) is 0 Å². The lowest BCUT2D eigenvalue weighted by atomic mass is 10.2. The van der Waals surface area contributed by atoms with E-state index in [2.05, 4.69) is 24.3 Å². The van der Waals surface area contributed by atoms with E-state index in [4.69, 9.17) is 0 Å². The summed E-state index contributed by atoms with van der Waals surface area (Å²) in [5.74, 6) is 0. The van der Waals surface area contributed by atoms with E-state index in [1.165, 1.54) is 12.8 Å². The molecule has 0 aromatic carbocycles. The molecule has 0 aromatic heterocycles. The van der Waals surface area contributed by atoms with Gasteiger partial charge in [-0.1, -0.05) is 24.3 Å². The summed E-state index contributed by atoms with van der Waals surface area (Å²) in [6.45, 7) is 0. The molecule has 0 bridgehead atoms. The first-order valence-corrected chi connectivity index (χ1v) is 2.32. The first kappa shape index (κ1) is 6.48. The Balaban J connectivity index is 0.000000360. The van der Waals surface area contributed by atoms with Gasteiger partial charge in [0.2, 0.25) is 0 Å². The van der Waals surface area contributed by atoms with E-state index in [-0.39, 0.29) is 7.43 Å². The van der Waals surface area contributed by atoms with Gasteiger partial charge in [-0.3, -0.25) is 0 Å². The summed E-state index contributed by atoms with van der Waals surface area (Å²) < 4.78 is 0. The van der Waals surface area contributed by atoms with Crippen molar-refractivity contribution in [2.45, 2.75) is 12.8 Å². The van der Waals surface area contributed by atoms with Gasteiger partial charge in [0.15, 0.2) is 0 Å². The maximum Gasteiger partial charge on any atom is 0 e. The van der Waals surface area contributed by atoms with E-state index in [0.29, 0.717) is 0 Å². The molecule has 0 unspecified atom stereocenters. The minimum absolute atomic E-state index is 0. The Bertz CT molecular complexity index is 66.0. The van der Waals surface area contributed by atoms with Gasteiger partial charge in [0.25, 0.3) is 0 Å². The van der Waals surface area contributed by atoms with Crippen LogP contribution in [0.3, 0.4) is 0 Å². The molecule has 0 amide bonds. The zero-order chi connectivity index (χ0) is 4.24. The maximum atomic E-state index is 2.18. The summed E-state index contributed by atoms with van der Waals surface area (Å²) in [5.41, 5.74) is 0. The average molecular weight is 92.1 g/mol. The van der Waals surface area contributed by atoms with Crippen molar-refractivity contribution in [3.8, 4) is 0 Å². The van der Waals surface area contributed by atoms with Gasteiger partial charge in [0.05, 0.1) is 0 Å². The summed E-state index contributed by atoms with van der Waals surface area (Å²) in [5, 5.41) is 0. The Morgan fingerprint density at radius 3 is 1.43 bits per heavy atom. The third kappa shape index (κ3) is 2.21. The largest absolute Gasteiger partial charge is 0.0842 e. The Hall–Kier alpha value is -0.520. The van der Waals surface area contributed by atoms with Crippen LogP contribution in [0.4, 0.5) is 0 Å². The molecule has 0 heterocycles. The second-order valence-corrected chi connectivity index (χ2v) is 1.43. The molecule has 7 heavy (non-hydrogen) atoms. The molecule has 0 fully saturated rings. The number of hydrogen-bond donors (Lipinski definition) is 0. The highest BCUT2D eigenvalue weighted by Gasteiger charge is 1.77. The van der Waals surface area contributed by atoms with Crippen molar-refractivity contribution >= 4 is 0 Å². The Labute approximate surface area is 45.5 Å².